The van der Waals surface area contributed by atoms with E-state index >= 15 is 0 Å². The number of ether oxygens (including phenoxy) is 1. The molecule has 7 nitrogen and oxygen atoms in total. The van der Waals surface area contributed by atoms with Crippen LogP contribution in [0.1, 0.15) is 36.8 Å². The number of benzene rings is 1. The summed E-state index contributed by atoms with van der Waals surface area (Å²) in [4.78, 5) is 37.5. The second-order valence-corrected chi connectivity index (χ2v) is 7.86. The summed E-state index contributed by atoms with van der Waals surface area (Å²) in [6.45, 7) is 1.73. The Labute approximate surface area is 172 Å². The minimum absolute atomic E-state index is 0.183. The average molecular weight is 419 g/mol. The number of likely N-dealkylation sites (tertiary alicyclic amines) is 1. The number of halogens is 1. The van der Waals surface area contributed by atoms with Crippen molar-refractivity contribution in [3.8, 4) is 5.75 Å². The first-order valence-electron chi connectivity index (χ1n) is 9.98. The second-order valence-electron chi connectivity index (χ2n) is 7.46. The monoisotopic (exact) mass is 418 g/mol. The van der Waals surface area contributed by atoms with Crippen molar-refractivity contribution in [2.75, 3.05) is 26.2 Å². The lowest BCUT2D eigenvalue weighted by molar-refractivity contribution is -0.127. The summed E-state index contributed by atoms with van der Waals surface area (Å²) in [5.74, 6) is 0.213. The van der Waals surface area contributed by atoms with Crippen LogP contribution >= 0.6 is 11.6 Å². The first-order valence-corrected chi connectivity index (χ1v) is 10.4. The highest BCUT2D eigenvalue weighted by Crippen LogP contribution is 2.34. The van der Waals surface area contributed by atoms with E-state index in [4.69, 9.17) is 20.8 Å². The summed E-state index contributed by atoms with van der Waals surface area (Å²) in [6.07, 6.45) is 4.73. The van der Waals surface area contributed by atoms with Crippen LogP contribution < -0.4 is 15.7 Å². The number of aryl methyl sites for hydroxylation is 1. The van der Waals surface area contributed by atoms with Crippen LogP contribution in [0.5, 0.6) is 5.75 Å². The summed E-state index contributed by atoms with van der Waals surface area (Å²) < 4.78 is 11.0. The Morgan fingerprint density at radius 1 is 1.17 bits per heavy atom. The Morgan fingerprint density at radius 2 is 2.00 bits per heavy atom. The van der Waals surface area contributed by atoms with Crippen molar-refractivity contribution in [2.45, 2.75) is 38.5 Å². The number of nitrogens with one attached hydrogen (secondary N) is 1. The van der Waals surface area contributed by atoms with E-state index in [1.165, 1.54) is 0 Å². The van der Waals surface area contributed by atoms with E-state index in [0.717, 1.165) is 48.7 Å². The van der Waals surface area contributed by atoms with Crippen molar-refractivity contribution in [2.24, 2.45) is 0 Å². The number of rotatable bonds is 7. The Kier molecular flexibility index (Phi) is 5.76. The van der Waals surface area contributed by atoms with Crippen LogP contribution in [0.25, 0.3) is 11.0 Å². The molecule has 1 aromatic carbocycles. The van der Waals surface area contributed by atoms with Crippen LogP contribution in [0.4, 0.5) is 0 Å². The van der Waals surface area contributed by atoms with E-state index in [9.17, 15) is 14.4 Å². The molecule has 0 bridgehead atoms. The van der Waals surface area contributed by atoms with Gasteiger partial charge in [-0.25, -0.2) is 4.79 Å². The molecule has 2 aliphatic rings. The maximum Gasteiger partial charge on any atom is 0.339 e. The molecule has 154 valence electrons. The van der Waals surface area contributed by atoms with Crippen molar-refractivity contribution in [3.63, 3.8) is 0 Å². The molecule has 2 aromatic rings. The molecule has 1 aromatic heterocycles. The third kappa shape index (κ3) is 4.24. The van der Waals surface area contributed by atoms with E-state index < -0.39 is 0 Å². The molecule has 1 N–H and O–H groups in total. The van der Waals surface area contributed by atoms with E-state index in [-0.39, 0.29) is 24.0 Å². The summed E-state index contributed by atoms with van der Waals surface area (Å²) in [5.41, 5.74) is 1.84. The molecule has 8 heteroatoms. The highest BCUT2D eigenvalue weighted by Gasteiger charge is 2.21. The van der Waals surface area contributed by atoms with Crippen molar-refractivity contribution in [1.29, 1.82) is 0 Å². The molecule has 0 unspecified atom stereocenters. The van der Waals surface area contributed by atoms with Crippen LogP contribution in [0.2, 0.25) is 5.02 Å². The lowest BCUT2D eigenvalue weighted by Gasteiger charge is -2.15. The van der Waals surface area contributed by atoms with Crippen molar-refractivity contribution in [3.05, 3.63) is 38.7 Å². The van der Waals surface area contributed by atoms with Gasteiger partial charge in [-0.1, -0.05) is 11.6 Å². The number of carbonyl (C=O) groups is 2. The van der Waals surface area contributed by atoms with Gasteiger partial charge in [0.1, 0.15) is 11.3 Å². The van der Waals surface area contributed by atoms with Gasteiger partial charge in [0, 0.05) is 43.1 Å². The Morgan fingerprint density at radius 3 is 2.79 bits per heavy atom. The van der Waals surface area contributed by atoms with Crippen molar-refractivity contribution >= 4 is 34.4 Å². The normalized spacial score (nSPS) is 15.8. The summed E-state index contributed by atoms with van der Waals surface area (Å²) >= 11 is 6.33. The smallest absolute Gasteiger partial charge is 0.339 e. The van der Waals surface area contributed by atoms with Gasteiger partial charge < -0.3 is 19.4 Å². The Hall–Kier alpha value is -2.54. The second kappa shape index (κ2) is 8.45. The molecule has 0 saturated carbocycles. The van der Waals surface area contributed by atoms with E-state index in [0.29, 0.717) is 42.3 Å². The lowest BCUT2D eigenvalue weighted by atomic mass is 10.1. The highest BCUT2D eigenvalue weighted by molar-refractivity contribution is 6.32. The first-order chi connectivity index (χ1) is 14.0. The van der Waals surface area contributed by atoms with Gasteiger partial charge in [0.05, 0.1) is 5.02 Å². The van der Waals surface area contributed by atoms with Gasteiger partial charge in [0.15, 0.2) is 6.61 Å². The molecule has 0 spiro atoms. The van der Waals surface area contributed by atoms with Gasteiger partial charge in [0.2, 0.25) is 5.91 Å². The number of hydrogen-bond donors (Lipinski definition) is 1. The Bertz CT molecular complexity index is 1020. The molecule has 2 amide bonds. The fourth-order valence-electron chi connectivity index (χ4n) is 4.03. The zero-order valence-corrected chi connectivity index (χ0v) is 16.8. The van der Waals surface area contributed by atoms with Crippen LogP contribution in [0.3, 0.4) is 0 Å². The molecule has 1 aliphatic carbocycles. The molecule has 29 heavy (non-hydrogen) atoms. The predicted molar refractivity (Wildman–Crippen MR) is 108 cm³/mol. The van der Waals surface area contributed by atoms with Crippen molar-refractivity contribution < 1.29 is 18.7 Å². The van der Waals surface area contributed by atoms with E-state index in [1.807, 2.05) is 4.90 Å². The number of nitrogens with zero attached hydrogens (tertiary/aromatic N) is 1. The molecular formula is C21H23ClN2O5. The maximum absolute atomic E-state index is 12.1. The first kappa shape index (κ1) is 19.8. The largest absolute Gasteiger partial charge is 0.482 e. The predicted octanol–water partition coefficient (Wildman–Crippen LogP) is 2.44. The number of amides is 2. The fourth-order valence-corrected chi connectivity index (χ4v) is 4.24. The zero-order chi connectivity index (χ0) is 20.4. The third-order valence-electron chi connectivity index (χ3n) is 5.48. The van der Waals surface area contributed by atoms with Gasteiger partial charge in [-0.15, -0.1) is 0 Å². The number of hydrogen-bond acceptors (Lipinski definition) is 5. The minimum Gasteiger partial charge on any atom is -0.482 e. The molecular weight excluding hydrogens is 396 g/mol. The van der Waals surface area contributed by atoms with Crippen LogP contribution in [0.15, 0.2) is 21.3 Å². The molecule has 0 radical (unpaired) electrons. The maximum atomic E-state index is 12.1. The van der Waals surface area contributed by atoms with Crippen LogP contribution in [-0.2, 0) is 22.4 Å². The Balaban J connectivity index is 1.33. The molecule has 2 heterocycles. The minimum atomic E-state index is -0.313. The summed E-state index contributed by atoms with van der Waals surface area (Å²) in [6, 6.07) is 3.31. The molecule has 1 aliphatic heterocycles. The molecule has 0 atom stereocenters. The van der Waals surface area contributed by atoms with Gasteiger partial charge in [-0.05, 0) is 43.7 Å². The SMILES string of the molecule is O=C(COc1cc2oc(=O)c3c(c2cc1Cl)CCC3)NCCCN1CCCC1=O. The summed E-state index contributed by atoms with van der Waals surface area (Å²) in [7, 11) is 0. The highest BCUT2D eigenvalue weighted by atomic mass is 35.5. The lowest BCUT2D eigenvalue weighted by Crippen LogP contribution is -2.33. The molecule has 1 fully saturated rings. The quantitative estimate of drug-likeness (QED) is 0.551. The average Bonchev–Trinajstić information content (AvgIpc) is 3.34. The van der Waals surface area contributed by atoms with Gasteiger partial charge in [-0.3, -0.25) is 9.59 Å². The van der Waals surface area contributed by atoms with Gasteiger partial charge >= 0.3 is 5.63 Å². The van der Waals surface area contributed by atoms with E-state index in [2.05, 4.69) is 5.32 Å². The van der Waals surface area contributed by atoms with Crippen LogP contribution in [-0.4, -0.2) is 43.0 Å². The van der Waals surface area contributed by atoms with Crippen molar-refractivity contribution in [1.82, 2.24) is 10.2 Å². The van der Waals surface area contributed by atoms with Gasteiger partial charge in [-0.2, -0.15) is 0 Å². The van der Waals surface area contributed by atoms with Gasteiger partial charge in [0.25, 0.3) is 5.91 Å². The standard InChI is InChI=1S/C21H23ClN2O5/c22-16-10-15-13-4-1-5-14(13)21(27)29-17(15)11-18(16)28-12-19(25)23-7-3-9-24-8-2-6-20(24)26/h10-11H,1-9,12H2,(H,23,25). The summed E-state index contributed by atoms with van der Waals surface area (Å²) in [5, 5.41) is 3.98. The number of fused-ring (bicyclic) bond motifs is 3. The third-order valence-corrected chi connectivity index (χ3v) is 5.78. The van der Waals surface area contributed by atoms with E-state index in [1.54, 1.807) is 12.1 Å². The molecule has 1 saturated heterocycles. The molecule has 4 rings (SSSR count). The van der Waals surface area contributed by atoms with Crippen LogP contribution in [0, 0.1) is 0 Å². The topological polar surface area (TPSA) is 88.8 Å². The fraction of sp³-hybridized carbons (Fsp3) is 0.476. The zero-order valence-electron chi connectivity index (χ0n) is 16.1. The number of carbonyl (C=O) groups excluding carboxylic acids is 2.